The molecule has 1 fully saturated rings. The third-order valence-corrected chi connectivity index (χ3v) is 6.80. The molecule has 8 nitrogen and oxygen atoms in total. The zero-order valence-corrected chi connectivity index (χ0v) is 19.9. The fraction of sp³-hybridized carbons (Fsp3) is 0.444. The second kappa shape index (κ2) is 11.4. The standard InChI is InChI=1S/C27H32N2O6/c1-17(10-11-24(30)31)14-28-26(32)25-18(12-13-34-25)15-29-27(33)35-16-23-21-8-4-2-6-19(21)20-7-3-5-9-22(20)23/h2-9,17-18,23,25H,10-16H2,1H3,(H,28,32)(H,29,33)(H,30,31). The average Bonchev–Trinajstić information content (AvgIpc) is 3.46. The first kappa shape index (κ1) is 24.7. The molecule has 1 aliphatic heterocycles. The summed E-state index contributed by atoms with van der Waals surface area (Å²) >= 11 is 0. The van der Waals surface area contributed by atoms with Gasteiger partial charge in [0.1, 0.15) is 12.7 Å². The molecule has 1 aliphatic carbocycles. The summed E-state index contributed by atoms with van der Waals surface area (Å²) in [6.07, 6.45) is 0.0733. The number of benzene rings is 2. The van der Waals surface area contributed by atoms with Crippen LogP contribution in [0.5, 0.6) is 0 Å². The fourth-order valence-electron chi connectivity index (χ4n) is 4.84. The number of carboxylic acid groups (broad SMARTS) is 1. The predicted octanol–water partition coefficient (Wildman–Crippen LogP) is 3.55. The Morgan fingerprint density at radius 2 is 1.71 bits per heavy atom. The van der Waals surface area contributed by atoms with Gasteiger partial charge in [-0.2, -0.15) is 0 Å². The van der Waals surface area contributed by atoms with E-state index in [1.54, 1.807) is 0 Å². The summed E-state index contributed by atoms with van der Waals surface area (Å²) in [5.41, 5.74) is 4.65. The zero-order valence-electron chi connectivity index (χ0n) is 19.9. The van der Waals surface area contributed by atoms with E-state index < -0.39 is 18.2 Å². The van der Waals surface area contributed by atoms with Crippen LogP contribution < -0.4 is 10.6 Å². The van der Waals surface area contributed by atoms with Crippen LogP contribution in [0.1, 0.15) is 43.2 Å². The van der Waals surface area contributed by atoms with Crippen LogP contribution in [0.4, 0.5) is 4.79 Å². The van der Waals surface area contributed by atoms with Gasteiger partial charge in [0.2, 0.25) is 5.91 Å². The van der Waals surface area contributed by atoms with Gasteiger partial charge in [-0.3, -0.25) is 9.59 Å². The van der Waals surface area contributed by atoms with Gasteiger partial charge in [-0.05, 0) is 41.0 Å². The van der Waals surface area contributed by atoms with Gasteiger partial charge in [0.05, 0.1) is 0 Å². The van der Waals surface area contributed by atoms with Crippen LogP contribution >= 0.6 is 0 Å². The quantitative estimate of drug-likeness (QED) is 0.479. The Hall–Kier alpha value is -3.39. The van der Waals surface area contributed by atoms with Gasteiger partial charge in [0.25, 0.3) is 0 Å². The number of amides is 2. The second-order valence-corrected chi connectivity index (χ2v) is 9.33. The number of ether oxygens (including phenoxy) is 2. The topological polar surface area (TPSA) is 114 Å². The number of hydrogen-bond acceptors (Lipinski definition) is 5. The van der Waals surface area contributed by atoms with Crippen molar-refractivity contribution in [1.29, 1.82) is 0 Å². The minimum absolute atomic E-state index is 0.00962. The number of carboxylic acids is 1. The van der Waals surface area contributed by atoms with E-state index in [2.05, 4.69) is 34.9 Å². The van der Waals surface area contributed by atoms with Gasteiger partial charge in [-0.25, -0.2) is 4.79 Å². The molecule has 2 aromatic rings. The first-order valence-corrected chi connectivity index (χ1v) is 12.1. The van der Waals surface area contributed by atoms with Crippen molar-refractivity contribution < 1.29 is 29.0 Å². The van der Waals surface area contributed by atoms with Crippen LogP contribution in [0.25, 0.3) is 11.1 Å². The monoisotopic (exact) mass is 480 g/mol. The SMILES string of the molecule is CC(CCC(=O)O)CNC(=O)C1OCCC1CNC(=O)OCC1c2ccccc2-c2ccccc21. The van der Waals surface area contributed by atoms with E-state index in [0.717, 1.165) is 11.1 Å². The summed E-state index contributed by atoms with van der Waals surface area (Å²) < 4.78 is 11.2. The van der Waals surface area contributed by atoms with Gasteiger partial charge in [-0.15, -0.1) is 0 Å². The molecule has 186 valence electrons. The van der Waals surface area contributed by atoms with Crippen LogP contribution in [0.3, 0.4) is 0 Å². The van der Waals surface area contributed by atoms with E-state index in [0.29, 0.717) is 26.0 Å². The fourth-order valence-corrected chi connectivity index (χ4v) is 4.84. The number of alkyl carbamates (subject to hydrolysis) is 1. The van der Waals surface area contributed by atoms with Crippen molar-refractivity contribution in [2.24, 2.45) is 11.8 Å². The molecule has 35 heavy (non-hydrogen) atoms. The number of hydrogen-bond donors (Lipinski definition) is 3. The Morgan fingerprint density at radius 3 is 2.37 bits per heavy atom. The molecular formula is C27H32N2O6. The molecule has 2 aromatic carbocycles. The van der Waals surface area contributed by atoms with Crippen LogP contribution in [0, 0.1) is 11.8 Å². The maximum Gasteiger partial charge on any atom is 0.407 e. The Kier molecular flexibility index (Phi) is 8.02. The van der Waals surface area contributed by atoms with Gasteiger partial charge in [-0.1, -0.05) is 55.5 Å². The van der Waals surface area contributed by atoms with E-state index >= 15 is 0 Å². The first-order chi connectivity index (χ1) is 16.9. The molecule has 4 rings (SSSR count). The molecule has 0 spiro atoms. The average molecular weight is 481 g/mol. The summed E-state index contributed by atoms with van der Waals surface area (Å²) in [4.78, 5) is 35.8. The van der Waals surface area contributed by atoms with Crippen molar-refractivity contribution in [3.8, 4) is 11.1 Å². The summed E-state index contributed by atoms with van der Waals surface area (Å²) in [5, 5.41) is 14.4. The molecule has 1 heterocycles. The van der Waals surface area contributed by atoms with Crippen molar-refractivity contribution in [2.45, 2.75) is 38.2 Å². The Morgan fingerprint density at radius 1 is 1.06 bits per heavy atom. The number of carbonyl (C=O) groups is 3. The van der Waals surface area contributed by atoms with E-state index in [1.807, 2.05) is 31.2 Å². The van der Waals surface area contributed by atoms with Crippen LogP contribution in [-0.2, 0) is 19.1 Å². The molecule has 3 atom stereocenters. The second-order valence-electron chi connectivity index (χ2n) is 9.33. The van der Waals surface area contributed by atoms with Crippen LogP contribution in [0.2, 0.25) is 0 Å². The molecule has 8 heteroatoms. The summed E-state index contributed by atoms with van der Waals surface area (Å²) in [6.45, 7) is 3.25. The molecule has 2 aliphatic rings. The Labute approximate surface area is 205 Å². The van der Waals surface area contributed by atoms with Crippen molar-refractivity contribution in [3.05, 3.63) is 59.7 Å². The van der Waals surface area contributed by atoms with Crippen LogP contribution in [0.15, 0.2) is 48.5 Å². The van der Waals surface area contributed by atoms with E-state index in [4.69, 9.17) is 14.6 Å². The van der Waals surface area contributed by atoms with Crippen LogP contribution in [-0.4, -0.2) is 55.5 Å². The largest absolute Gasteiger partial charge is 0.481 e. The van der Waals surface area contributed by atoms with E-state index in [1.165, 1.54) is 11.1 Å². The molecule has 3 unspecified atom stereocenters. The molecule has 3 N–H and O–H groups in total. The van der Waals surface area contributed by atoms with Crippen molar-refractivity contribution in [1.82, 2.24) is 10.6 Å². The number of fused-ring (bicyclic) bond motifs is 3. The molecular weight excluding hydrogens is 448 g/mol. The first-order valence-electron chi connectivity index (χ1n) is 12.1. The van der Waals surface area contributed by atoms with Gasteiger partial charge in [0, 0.05) is 38.0 Å². The normalized spacial score (nSPS) is 19.5. The summed E-state index contributed by atoms with van der Waals surface area (Å²) in [5.74, 6) is -1.19. The molecule has 0 bridgehead atoms. The lowest BCUT2D eigenvalue weighted by Gasteiger charge is -2.20. The number of rotatable bonds is 10. The van der Waals surface area contributed by atoms with Crippen molar-refractivity contribution in [2.75, 3.05) is 26.3 Å². The Balaban J connectivity index is 1.24. The third kappa shape index (κ3) is 6.00. The maximum atomic E-state index is 12.6. The number of aliphatic carboxylic acids is 1. The lowest BCUT2D eigenvalue weighted by Crippen LogP contribution is -2.43. The lowest BCUT2D eigenvalue weighted by molar-refractivity contribution is -0.137. The highest BCUT2D eigenvalue weighted by Crippen LogP contribution is 2.44. The van der Waals surface area contributed by atoms with Gasteiger partial charge < -0.3 is 25.2 Å². The summed E-state index contributed by atoms with van der Waals surface area (Å²) in [7, 11) is 0. The zero-order chi connectivity index (χ0) is 24.8. The number of carbonyl (C=O) groups excluding carboxylic acids is 2. The summed E-state index contributed by atoms with van der Waals surface area (Å²) in [6, 6.07) is 16.3. The molecule has 0 aromatic heterocycles. The van der Waals surface area contributed by atoms with E-state index in [-0.39, 0.29) is 43.2 Å². The molecule has 0 saturated carbocycles. The maximum absolute atomic E-state index is 12.6. The van der Waals surface area contributed by atoms with Gasteiger partial charge >= 0.3 is 12.1 Å². The van der Waals surface area contributed by atoms with E-state index in [9.17, 15) is 14.4 Å². The highest BCUT2D eigenvalue weighted by molar-refractivity contribution is 5.81. The van der Waals surface area contributed by atoms with Crippen molar-refractivity contribution in [3.63, 3.8) is 0 Å². The molecule has 0 radical (unpaired) electrons. The van der Waals surface area contributed by atoms with Gasteiger partial charge in [0.15, 0.2) is 0 Å². The lowest BCUT2D eigenvalue weighted by atomic mass is 9.98. The highest BCUT2D eigenvalue weighted by atomic mass is 16.5. The predicted molar refractivity (Wildman–Crippen MR) is 130 cm³/mol. The minimum atomic E-state index is -0.846. The van der Waals surface area contributed by atoms with Crippen molar-refractivity contribution >= 4 is 18.0 Å². The molecule has 1 saturated heterocycles. The highest BCUT2D eigenvalue weighted by Gasteiger charge is 2.35. The smallest absolute Gasteiger partial charge is 0.407 e. The Bertz CT molecular complexity index is 1030. The minimum Gasteiger partial charge on any atom is -0.481 e. The molecule has 2 amide bonds. The number of nitrogens with one attached hydrogen (secondary N) is 2. The third-order valence-electron chi connectivity index (χ3n) is 6.80.